The number of hydrogen-bond acceptors (Lipinski definition) is 5. The van der Waals surface area contributed by atoms with Crippen LogP contribution in [-0.2, 0) is 20.4 Å². The van der Waals surface area contributed by atoms with E-state index in [1.54, 1.807) is 19.2 Å². The molecule has 174 valence electrons. The number of rotatable bonds is 8. The van der Waals surface area contributed by atoms with E-state index in [9.17, 15) is 13.5 Å². The molecular weight excluding hydrogens is 412 g/mol. The van der Waals surface area contributed by atoms with Gasteiger partial charge in [0.1, 0.15) is 5.60 Å². The fourth-order valence-corrected chi connectivity index (χ4v) is 7.31. The smallest absolute Gasteiger partial charge is 0.240 e. The van der Waals surface area contributed by atoms with Crippen LogP contribution in [0.3, 0.4) is 0 Å². The lowest BCUT2D eigenvalue weighted by Crippen LogP contribution is -2.53. The number of piperidine rings is 1. The molecule has 0 amide bonds. The van der Waals surface area contributed by atoms with E-state index in [2.05, 4.69) is 9.62 Å². The van der Waals surface area contributed by atoms with Gasteiger partial charge in [0.15, 0.2) is 0 Å². The summed E-state index contributed by atoms with van der Waals surface area (Å²) < 4.78 is 33.4. The van der Waals surface area contributed by atoms with Crippen LogP contribution in [0, 0.1) is 11.8 Å². The van der Waals surface area contributed by atoms with Crippen LogP contribution < -0.4 is 4.72 Å². The van der Waals surface area contributed by atoms with E-state index in [1.165, 1.54) is 13.5 Å². The van der Waals surface area contributed by atoms with Crippen molar-refractivity contribution in [3.05, 3.63) is 29.8 Å². The minimum absolute atomic E-state index is 0.298. The van der Waals surface area contributed by atoms with Gasteiger partial charge in [0, 0.05) is 32.0 Å². The summed E-state index contributed by atoms with van der Waals surface area (Å²) in [6.07, 6.45) is 9.61. The van der Waals surface area contributed by atoms with Crippen LogP contribution in [0.2, 0.25) is 0 Å². The van der Waals surface area contributed by atoms with Gasteiger partial charge in [-0.2, -0.15) is 0 Å². The molecule has 1 aliphatic heterocycles. The molecule has 2 unspecified atom stereocenters. The van der Waals surface area contributed by atoms with Crippen molar-refractivity contribution < 1.29 is 18.3 Å². The van der Waals surface area contributed by atoms with Crippen LogP contribution in [-0.4, -0.2) is 57.8 Å². The molecule has 3 aliphatic rings. The van der Waals surface area contributed by atoms with Crippen molar-refractivity contribution in [2.45, 2.75) is 73.9 Å². The highest BCUT2D eigenvalue weighted by atomic mass is 32.2. The maximum atomic E-state index is 12.4. The monoisotopic (exact) mass is 450 g/mol. The minimum Gasteiger partial charge on any atom is -0.390 e. The third-order valence-electron chi connectivity index (χ3n) is 8.14. The second-order valence-electron chi connectivity index (χ2n) is 9.85. The number of hydrogen-bond donors (Lipinski definition) is 2. The maximum absolute atomic E-state index is 12.4. The predicted octanol–water partition coefficient (Wildman–Crippen LogP) is 3.25. The summed E-state index contributed by atoms with van der Waals surface area (Å²) in [6, 6.07) is 7.30. The Kier molecular flexibility index (Phi) is 6.80. The van der Waals surface area contributed by atoms with Gasteiger partial charge < -0.3 is 14.7 Å². The third kappa shape index (κ3) is 4.44. The second-order valence-corrected chi connectivity index (χ2v) is 11.7. The molecule has 3 fully saturated rings. The fourth-order valence-electron chi connectivity index (χ4n) is 6.54. The Labute approximate surface area is 187 Å². The first-order chi connectivity index (χ1) is 14.8. The van der Waals surface area contributed by atoms with Crippen molar-refractivity contribution in [3.8, 4) is 0 Å². The molecule has 31 heavy (non-hydrogen) atoms. The van der Waals surface area contributed by atoms with Gasteiger partial charge in [0.2, 0.25) is 10.0 Å². The largest absolute Gasteiger partial charge is 0.390 e. The molecule has 2 saturated carbocycles. The molecule has 6 nitrogen and oxygen atoms in total. The zero-order chi connectivity index (χ0) is 22.1. The first-order valence-electron chi connectivity index (χ1n) is 11.9. The standard InChI is InChI=1S/C24H38N2O4S/c1-25-31(28,29)22-9-6-8-19(16-22)24(30-2)20-10-11-21(24)18-26(17-20)15-7-14-23(27)12-4-3-5-13-23/h6,8-9,16,20-21,25,27H,3-5,7,10-15,17-18H2,1-2H3. The van der Waals surface area contributed by atoms with Gasteiger partial charge in [-0.3, -0.25) is 0 Å². The van der Waals surface area contributed by atoms with Crippen LogP contribution in [0.4, 0.5) is 0 Å². The molecule has 7 heteroatoms. The number of sulfonamides is 1. The van der Waals surface area contributed by atoms with Crippen molar-refractivity contribution in [1.29, 1.82) is 0 Å². The summed E-state index contributed by atoms with van der Waals surface area (Å²) in [5, 5.41) is 10.8. The second kappa shape index (κ2) is 9.10. The van der Waals surface area contributed by atoms with E-state index in [4.69, 9.17) is 4.74 Å². The zero-order valence-electron chi connectivity index (χ0n) is 19.0. The number of nitrogens with one attached hydrogen (secondary N) is 1. The Morgan fingerprint density at radius 2 is 1.84 bits per heavy atom. The van der Waals surface area contributed by atoms with E-state index in [1.807, 2.05) is 12.1 Å². The summed E-state index contributed by atoms with van der Waals surface area (Å²) in [6.45, 7) is 2.95. The van der Waals surface area contributed by atoms with Crippen LogP contribution in [0.15, 0.2) is 29.2 Å². The van der Waals surface area contributed by atoms with Crippen molar-refractivity contribution in [3.63, 3.8) is 0 Å². The highest BCUT2D eigenvalue weighted by Crippen LogP contribution is 2.53. The van der Waals surface area contributed by atoms with Gasteiger partial charge in [0.25, 0.3) is 0 Å². The number of ether oxygens (including phenoxy) is 1. The highest BCUT2D eigenvalue weighted by molar-refractivity contribution is 7.89. The average Bonchev–Trinajstić information content (AvgIpc) is 2.97. The van der Waals surface area contributed by atoms with Crippen molar-refractivity contribution in [2.75, 3.05) is 33.8 Å². The van der Waals surface area contributed by atoms with E-state index in [0.717, 1.165) is 76.6 Å². The van der Waals surface area contributed by atoms with Gasteiger partial charge in [-0.15, -0.1) is 0 Å². The normalized spacial score (nSPS) is 31.1. The molecule has 2 aliphatic carbocycles. The van der Waals surface area contributed by atoms with Crippen molar-refractivity contribution in [2.24, 2.45) is 11.8 Å². The van der Waals surface area contributed by atoms with E-state index < -0.39 is 21.2 Å². The molecule has 1 aromatic carbocycles. The Morgan fingerprint density at radius 3 is 2.45 bits per heavy atom. The molecule has 1 heterocycles. The van der Waals surface area contributed by atoms with Crippen molar-refractivity contribution >= 4 is 10.0 Å². The fraction of sp³-hybridized carbons (Fsp3) is 0.750. The summed E-state index contributed by atoms with van der Waals surface area (Å²) in [7, 11) is -0.267. The third-order valence-corrected chi connectivity index (χ3v) is 9.55. The lowest BCUT2D eigenvalue weighted by Gasteiger charge is -2.47. The summed E-state index contributed by atoms with van der Waals surface area (Å²) >= 11 is 0. The van der Waals surface area contributed by atoms with Crippen molar-refractivity contribution in [1.82, 2.24) is 9.62 Å². The summed E-state index contributed by atoms with van der Waals surface area (Å²) in [5.74, 6) is 0.697. The number of likely N-dealkylation sites (tertiary alicyclic amines) is 1. The maximum Gasteiger partial charge on any atom is 0.240 e. The molecule has 0 aromatic heterocycles. The van der Waals surface area contributed by atoms with Crippen LogP contribution in [0.1, 0.15) is 63.4 Å². The minimum atomic E-state index is -3.49. The number of aliphatic hydroxyl groups is 1. The van der Waals surface area contributed by atoms with E-state index in [-0.39, 0.29) is 0 Å². The highest BCUT2D eigenvalue weighted by Gasteiger charge is 2.55. The lowest BCUT2D eigenvalue weighted by molar-refractivity contribution is -0.119. The number of methoxy groups -OCH3 is 1. The Morgan fingerprint density at radius 1 is 1.16 bits per heavy atom. The van der Waals surface area contributed by atoms with E-state index >= 15 is 0 Å². The van der Waals surface area contributed by atoms with Gasteiger partial charge >= 0.3 is 0 Å². The van der Waals surface area contributed by atoms with E-state index in [0.29, 0.717) is 16.7 Å². The van der Waals surface area contributed by atoms with Crippen LogP contribution in [0.5, 0.6) is 0 Å². The van der Waals surface area contributed by atoms with Gasteiger partial charge in [0.05, 0.1) is 10.5 Å². The SMILES string of the molecule is CNS(=O)(=O)c1cccc(C2(OC)C3CCC2CN(CCCC2(O)CCCCC2)C3)c1. The average molecular weight is 451 g/mol. The van der Waals surface area contributed by atoms with Gasteiger partial charge in [-0.05, 0) is 69.8 Å². The van der Waals surface area contributed by atoms with Crippen LogP contribution in [0.25, 0.3) is 0 Å². The molecule has 1 saturated heterocycles. The molecule has 2 N–H and O–H groups in total. The number of fused-ring (bicyclic) bond motifs is 2. The molecular formula is C24H38N2O4S. The molecule has 2 bridgehead atoms. The molecule has 1 aromatic rings. The number of nitrogens with zero attached hydrogens (tertiary/aromatic N) is 1. The predicted molar refractivity (Wildman–Crippen MR) is 121 cm³/mol. The van der Waals surface area contributed by atoms with Gasteiger partial charge in [-0.25, -0.2) is 13.1 Å². The number of benzene rings is 1. The van der Waals surface area contributed by atoms with Gasteiger partial charge in [-0.1, -0.05) is 31.4 Å². The quantitative estimate of drug-likeness (QED) is 0.636. The Bertz CT molecular complexity index is 852. The molecule has 0 radical (unpaired) electrons. The molecule has 4 rings (SSSR count). The molecule has 0 spiro atoms. The zero-order valence-corrected chi connectivity index (χ0v) is 19.8. The topological polar surface area (TPSA) is 78.9 Å². The van der Waals surface area contributed by atoms with Crippen LogP contribution >= 0.6 is 0 Å². The first kappa shape index (κ1) is 23.2. The Balaban J connectivity index is 1.46. The lowest BCUT2D eigenvalue weighted by atomic mass is 9.74. The first-order valence-corrected chi connectivity index (χ1v) is 13.4. The summed E-state index contributed by atoms with van der Waals surface area (Å²) in [4.78, 5) is 2.84. The molecule has 2 atom stereocenters. The Hall–Kier alpha value is -0.990. The summed E-state index contributed by atoms with van der Waals surface area (Å²) in [5.41, 5.74) is 0.120.